The Morgan fingerprint density at radius 2 is 2.29 bits per heavy atom. The molecule has 0 saturated heterocycles. The van der Waals surface area contributed by atoms with E-state index in [1.807, 2.05) is 0 Å². The Balaban J connectivity index is 1.66. The number of aliphatic hydroxyl groups excluding tert-OH is 1. The van der Waals surface area contributed by atoms with Gasteiger partial charge in [-0.05, 0) is 31.1 Å². The summed E-state index contributed by atoms with van der Waals surface area (Å²) in [4.78, 5) is 0. The molecule has 82 valence electrons. The lowest BCUT2D eigenvalue weighted by Gasteiger charge is -2.24. The van der Waals surface area contributed by atoms with Crippen LogP contribution in [0.2, 0.25) is 0 Å². The minimum Gasteiger partial charge on any atom is -0.389 e. The summed E-state index contributed by atoms with van der Waals surface area (Å²) in [5, 5.41) is 13.0. The Bertz CT molecular complexity index is 186. The standard InChI is InChI=1S/C11H21NO2/c1-14-7-10(13)6-12-11-5-8-2-3-9(11)4-8/h8-13H,2-7H2,1H3. The molecule has 2 aliphatic carbocycles. The summed E-state index contributed by atoms with van der Waals surface area (Å²) in [5.41, 5.74) is 0. The summed E-state index contributed by atoms with van der Waals surface area (Å²) < 4.78 is 4.89. The van der Waals surface area contributed by atoms with Gasteiger partial charge in [0.05, 0.1) is 12.7 Å². The quantitative estimate of drug-likeness (QED) is 0.687. The van der Waals surface area contributed by atoms with Crippen LogP contribution in [0.25, 0.3) is 0 Å². The molecule has 0 aromatic rings. The lowest BCUT2D eigenvalue weighted by Crippen LogP contribution is -2.40. The van der Waals surface area contributed by atoms with Gasteiger partial charge in [-0.2, -0.15) is 0 Å². The van der Waals surface area contributed by atoms with Gasteiger partial charge in [-0.25, -0.2) is 0 Å². The Morgan fingerprint density at radius 1 is 1.43 bits per heavy atom. The van der Waals surface area contributed by atoms with Crippen LogP contribution in [-0.4, -0.2) is 37.5 Å². The maximum Gasteiger partial charge on any atom is 0.0897 e. The van der Waals surface area contributed by atoms with Crippen LogP contribution in [0.5, 0.6) is 0 Å². The number of aliphatic hydroxyl groups is 1. The van der Waals surface area contributed by atoms with Crippen molar-refractivity contribution in [2.45, 2.75) is 37.8 Å². The van der Waals surface area contributed by atoms with E-state index in [1.54, 1.807) is 7.11 Å². The van der Waals surface area contributed by atoms with Gasteiger partial charge in [-0.15, -0.1) is 0 Å². The van der Waals surface area contributed by atoms with Crippen molar-refractivity contribution in [3.63, 3.8) is 0 Å². The highest BCUT2D eigenvalue weighted by Gasteiger charge is 2.39. The van der Waals surface area contributed by atoms with Crippen LogP contribution >= 0.6 is 0 Å². The predicted molar refractivity (Wildman–Crippen MR) is 55.1 cm³/mol. The van der Waals surface area contributed by atoms with Crippen LogP contribution in [0.1, 0.15) is 25.7 Å². The molecule has 2 aliphatic rings. The number of fused-ring (bicyclic) bond motifs is 2. The molecule has 2 rings (SSSR count). The lowest BCUT2D eigenvalue weighted by molar-refractivity contribution is 0.0612. The molecule has 3 heteroatoms. The van der Waals surface area contributed by atoms with Gasteiger partial charge in [0.2, 0.25) is 0 Å². The first-order valence-electron chi connectivity index (χ1n) is 5.70. The molecular weight excluding hydrogens is 178 g/mol. The number of methoxy groups -OCH3 is 1. The van der Waals surface area contributed by atoms with E-state index in [1.165, 1.54) is 25.7 Å². The Kier molecular flexibility index (Phi) is 3.42. The number of nitrogens with one attached hydrogen (secondary N) is 1. The molecule has 2 fully saturated rings. The highest BCUT2D eigenvalue weighted by molar-refractivity contribution is 4.94. The fraction of sp³-hybridized carbons (Fsp3) is 1.00. The molecule has 0 aromatic heterocycles. The highest BCUT2D eigenvalue weighted by Crippen LogP contribution is 2.44. The van der Waals surface area contributed by atoms with Gasteiger partial charge >= 0.3 is 0 Å². The van der Waals surface area contributed by atoms with Crippen molar-refractivity contribution in [3.8, 4) is 0 Å². The number of hydrogen-bond donors (Lipinski definition) is 2. The first-order chi connectivity index (χ1) is 6.79. The van der Waals surface area contributed by atoms with Gasteiger partial charge < -0.3 is 15.2 Å². The third-order valence-electron chi connectivity index (χ3n) is 3.71. The maximum atomic E-state index is 9.49. The van der Waals surface area contributed by atoms with Crippen LogP contribution in [0.4, 0.5) is 0 Å². The Labute approximate surface area is 85.8 Å². The van der Waals surface area contributed by atoms with Crippen molar-refractivity contribution < 1.29 is 9.84 Å². The number of ether oxygens (including phenoxy) is 1. The van der Waals surface area contributed by atoms with E-state index >= 15 is 0 Å². The fourth-order valence-corrected chi connectivity index (χ4v) is 3.03. The van der Waals surface area contributed by atoms with Crippen molar-refractivity contribution >= 4 is 0 Å². The van der Waals surface area contributed by atoms with Crippen LogP contribution in [0.15, 0.2) is 0 Å². The molecule has 0 heterocycles. The summed E-state index contributed by atoms with van der Waals surface area (Å²) >= 11 is 0. The molecule has 0 aliphatic heterocycles. The largest absolute Gasteiger partial charge is 0.389 e. The second-order valence-electron chi connectivity index (χ2n) is 4.80. The third kappa shape index (κ3) is 2.27. The molecular formula is C11H21NO2. The summed E-state index contributed by atoms with van der Waals surface area (Å²) in [6, 6.07) is 0.667. The average molecular weight is 199 g/mol. The highest BCUT2D eigenvalue weighted by atomic mass is 16.5. The molecule has 0 radical (unpaired) electrons. The van der Waals surface area contributed by atoms with Gasteiger partial charge in [-0.3, -0.25) is 0 Å². The zero-order valence-corrected chi connectivity index (χ0v) is 8.91. The SMILES string of the molecule is COCC(O)CNC1CC2CCC1C2. The van der Waals surface area contributed by atoms with E-state index in [9.17, 15) is 5.11 Å². The van der Waals surface area contributed by atoms with Crippen molar-refractivity contribution in [2.75, 3.05) is 20.3 Å². The fourth-order valence-electron chi connectivity index (χ4n) is 3.03. The van der Waals surface area contributed by atoms with E-state index < -0.39 is 0 Å². The van der Waals surface area contributed by atoms with E-state index in [0.29, 0.717) is 19.2 Å². The zero-order chi connectivity index (χ0) is 9.97. The van der Waals surface area contributed by atoms with E-state index in [0.717, 1.165) is 11.8 Å². The molecule has 2 N–H and O–H groups in total. The first kappa shape index (κ1) is 10.4. The minimum absolute atomic E-state index is 0.348. The summed E-state index contributed by atoms with van der Waals surface area (Å²) in [6.45, 7) is 1.12. The van der Waals surface area contributed by atoms with E-state index in [-0.39, 0.29) is 6.10 Å². The van der Waals surface area contributed by atoms with E-state index in [4.69, 9.17) is 4.74 Å². The van der Waals surface area contributed by atoms with Crippen LogP contribution in [0.3, 0.4) is 0 Å². The summed E-state index contributed by atoms with van der Waals surface area (Å²) in [7, 11) is 1.63. The first-order valence-corrected chi connectivity index (χ1v) is 5.70. The third-order valence-corrected chi connectivity index (χ3v) is 3.71. The molecule has 0 spiro atoms. The molecule has 14 heavy (non-hydrogen) atoms. The monoisotopic (exact) mass is 199 g/mol. The number of hydrogen-bond acceptors (Lipinski definition) is 3. The molecule has 4 unspecified atom stereocenters. The topological polar surface area (TPSA) is 41.5 Å². The summed E-state index contributed by atoms with van der Waals surface area (Å²) in [5.74, 6) is 1.85. The second-order valence-corrected chi connectivity index (χ2v) is 4.80. The van der Waals surface area contributed by atoms with Crippen molar-refractivity contribution in [2.24, 2.45) is 11.8 Å². The zero-order valence-electron chi connectivity index (χ0n) is 8.91. The molecule has 2 saturated carbocycles. The van der Waals surface area contributed by atoms with Gasteiger partial charge in [0.15, 0.2) is 0 Å². The molecule has 2 bridgehead atoms. The molecule has 4 atom stereocenters. The van der Waals surface area contributed by atoms with Crippen LogP contribution in [-0.2, 0) is 4.74 Å². The van der Waals surface area contributed by atoms with Crippen molar-refractivity contribution in [3.05, 3.63) is 0 Å². The maximum absolute atomic E-state index is 9.49. The average Bonchev–Trinajstić information content (AvgIpc) is 2.76. The van der Waals surface area contributed by atoms with Gasteiger partial charge in [0.25, 0.3) is 0 Å². The molecule has 3 nitrogen and oxygen atoms in total. The number of rotatable bonds is 5. The normalized spacial score (nSPS) is 37.7. The van der Waals surface area contributed by atoms with Gasteiger partial charge in [0.1, 0.15) is 0 Å². The Hall–Kier alpha value is -0.120. The van der Waals surface area contributed by atoms with Crippen molar-refractivity contribution in [1.29, 1.82) is 0 Å². The predicted octanol–water partition coefficient (Wildman–Crippen LogP) is 0.772. The van der Waals surface area contributed by atoms with Gasteiger partial charge in [0, 0.05) is 19.7 Å². The molecule has 0 aromatic carbocycles. The molecule has 0 amide bonds. The van der Waals surface area contributed by atoms with E-state index in [2.05, 4.69) is 5.32 Å². The summed E-state index contributed by atoms with van der Waals surface area (Å²) in [6.07, 6.45) is 5.22. The Morgan fingerprint density at radius 3 is 2.86 bits per heavy atom. The second kappa shape index (κ2) is 4.60. The lowest BCUT2D eigenvalue weighted by atomic mass is 9.95. The van der Waals surface area contributed by atoms with Gasteiger partial charge in [-0.1, -0.05) is 6.42 Å². The minimum atomic E-state index is -0.348. The smallest absolute Gasteiger partial charge is 0.0897 e. The van der Waals surface area contributed by atoms with Crippen LogP contribution < -0.4 is 5.32 Å². The van der Waals surface area contributed by atoms with Crippen LogP contribution in [0, 0.1) is 11.8 Å². The van der Waals surface area contributed by atoms with Crippen molar-refractivity contribution in [1.82, 2.24) is 5.32 Å².